The van der Waals surface area contributed by atoms with Gasteiger partial charge in [-0.05, 0) is 49.4 Å². The molecule has 0 spiro atoms. The quantitative estimate of drug-likeness (QED) is 0.425. The molecule has 1 amide bonds. The molecular weight excluding hydrogens is 444 g/mol. The lowest BCUT2D eigenvalue weighted by Gasteiger charge is -2.36. The van der Waals surface area contributed by atoms with Crippen LogP contribution >= 0.6 is 22.9 Å². The third kappa shape index (κ3) is 3.82. The average Bonchev–Trinajstić information content (AvgIpc) is 3.38. The summed E-state index contributed by atoms with van der Waals surface area (Å²) in [5, 5.41) is 0.729. The number of carbonyl (C=O) groups excluding carboxylic acids is 1. The Labute approximate surface area is 195 Å². The van der Waals surface area contributed by atoms with Gasteiger partial charge < -0.3 is 14.5 Å². The highest BCUT2D eigenvalue weighted by Crippen LogP contribution is 2.29. The molecule has 0 aliphatic carbocycles. The minimum absolute atomic E-state index is 0.0785. The Morgan fingerprint density at radius 2 is 1.84 bits per heavy atom. The number of benzene rings is 2. The highest BCUT2D eigenvalue weighted by molar-refractivity contribution is 7.19. The Morgan fingerprint density at radius 3 is 2.50 bits per heavy atom. The standard InChI is InChI=1S/C24H23ClN4O2S/c1-16-22(23(30)28-12-10-27(11-13-28)19-5-3-4-18(25)14-19)32-24-26-21(15-29(16)24)17-6-8-20(31-2)9-7-17/h3-9,14-15H,10-13H2,1-2H3. The van der Waals surface area contributed by atoms with Crippen LogP contribution in [-0.2, 0) is 0 Å². The maximum Gasteiger partial charge on any atom is 0.265 e. The average molecular weight is 467 g/mol. The lowest BCUT2D eigenvalue weighted by Crippen LogP contribution is -2.48. The van der Waals surface area contributed by atoms with E-state index in [9.17, 15) is 4.79 Å². The molecule has 1 aliphatic heterocycles. The van der Waals surface area contributed by atoms with Crippen LogP contribution in [0.3, 0.4) is 0 Å². The van der Waals surface area contributed by atoms with Crippen molar-refractivity contribution >= 4 is 39.5 Å². The van der Waals surface area contributed by atoms with E-state index in [1.165, 1.54) is 11.3 Å². The first-order chi connectivity index (χ1) is 15.5. The number of rotatable bonds is 4. The van der Waals surface area contributed by atoms with Crippen molar-refractivity contribution in [2.45, 2.75) is 6.92 Å². The van der Waals surface area contributed by atoms with Crippen LogP contribution in [0.15, 0.2) is 54.7 Å². The van der Waals surface area contributed by atoms with Gasteiger partial charge in [-0.15, -0.1) is 0 Å². The lowest BCUT2D eigenvalue weighted by atomic mass is 10.2. The van der Waals surface area contributed by atoms with Crippen molar-refractivity contribution in [1.29, 1.82) is 0 Å². The van der Waals surface area contributed by atoms with Crippen molar-refractivity contribution in [2.24, 2.45) is 0 Å². The topological polar surface area (TPSA) is 50.1 Å². The van der Waals surface area contributed by atoms with Crippen molar-refractivity contribution in [2.75, 3.05) is 38.2 Å². The van der Waals surface area contributed by atoms with Crippen LogP contribution < -0.4 is 9.64 Å². The number of aryl methyl sites for hydroxylation is 1. The molecule has 1 fully saturated rings. The number of fused-ring (bicyclic) bond motifs is 1. The number of methoxy groups -OCH3 is 1. The number of piperazine rings is 1. The van der Waals surface area contributed by atoms with Gasteiger partial charge in [0.1, 0.15) is 10.6 Å². The molecular formula is C24H23ClN4O2S. The minimum atomic E-state index is 0.0785. The van der Waals surface area contributed by atoms with E-state index in [-0.39, 0.29) is 5.91 Å². The van der Waals surface area contributed by atoms with E-state index in [1.807, 2.05) is 64.9 Å². The smallest absolute Gasteiger partial charge is 0.265 e. The zero-order chi connectivity index (χ0) is 22.2. The molecule has 0 saturated carbocycles. The van der Waals surface area contributed by atoms with Crippen molar-refractivity contribution in [3.63, 3.8) is 0 Å². The van der Waals surface area contributed by atoms with E-state index in [0.29, 0.717) is 13.1 Å². The molecule has 5 rings (SSSR count). The Balaban J connectivity index is 1.32. The molecule has 8 heteroatoms. The first-order valence-electron chi connectivity index (χ1n) is 10.5. The van der Waals surface area contributed by atoms with Gasteiger partial charge in [0.05, 0.1) is 12.8 Å². The van der Waals surface area contributed by atoms with Gasteiger partial charge in [-0.3, -0.25) is 9.20 Å². The van der Waals surface area contributed by atoms with Crippen LogP contribution in [0, 0.1) is 6.92 Å². The number of halogens is 1. The predicted octanol–water partition coefficient (Wildman–Crippen LogP) is 5.00. The highest BCUT2D eigenvalue weighted by atomic mass is 35.5. The first-order valence-corrected chi connectivity index (χ1v) is 11.7. The number of thiazole rings is 1. The van der Waals surface area contributed by atoms with Gasteiger partial charge in [-0.2, -0.15) is 0 Å². The van der Waals surface area contributed by atoms with Gasteiger partial charge in [0.15, 0.2) is 4.96 Å². The zero-order valence-electron chi connectivity index (χ0n) is 17.9. The van der Waals surface area contributed by atoms with Crippen LogP contribution in [0.2, 0.25) is 5.02 Å². The van der Waals surface area contributed by atoms with E-state index in [0.717, 1.165) is 56.3 Å². The summed E-state index contributed by atoms with van der Waals surface area (Å²) < 4.78 is 7.24. The van der Waals surface area contributed by atoms with Gasteiger partial charge in [0.25, 0.3) is 5.91 Å². The number of carbonyl (C=O) groups is 1. The van der Waals surface area contributed by atoms with Gasteiger partial charge in [-0.25, -0.2) is 4.98 Å². The number of imidazole rings is 1. The normalized spacial score (nSPS) is 14.2. The molecule has 0 bridgehead atoms. The van der Waals surface area contributed by atoms with E-state index in [4.69, 9.17) is 21.3 Å². The summed E-state index contributed by atoms with van der Waals surface area (Å²) in [6.45, 7) is 4.92. The number of amides is 1. The summed E-state index contributed by atoms with van der Waals surface area (Å²) in [5.74, 6) is 0.893. The zero-order valence-corrected chi connectivity index (χ0v) is 19.5. The molecule has 164 valence electrons. The van der Waals surface area contributed by atoms with Crippen molar-refractivity contribution in [1.82, 2.24) is 14.3 Å². The number of hydrogen-bond donors (Lipinski definition) is 0. The summed E-state index contributed by atoms with van der Waals surface area (Å²) in [5.41, 5.74) is 3.93. The first kappa shape index (κ1) is 20.8. The molecule has 0 N–H and O–H groups in total. The van der Waals surface area contributed by atoms with Crippen LogP contribution in [-0.4, -0.2) is 53.5 Å². The number of nitrogens with zero attached hydrogens (tertiary/aromatic N) is 4. The van der Waals surface area contributed by atoms with Crippen molar-refractivity contribution in [3.8, 4) is 17.0 Å². The maximum atomic E-state index is 13.3. The Hall–Kier alpha value is -3.03. The number of hydrogen-bond acceptors (Lipinski definition) is 5. The van der Waals surface area contributed by atoms with E-state index in [2.05, 4.69) is 11.0 Å². The van der Waals surface area contributed by atoms with Crippen molar-refractivity contribution < 1.29 is 9.53 Å². The third-order valence-corrected chi connectivity index (χ3v) is 7.26. The third-order valence-electron chi connectivity index (χ3n) is 5.88. The molecule has 1 saturated heterocycles. The summed E-state index contributed by atoms with van der Waals surface area (Å²) in [4.78, 5) is 23.8. The fourth-order valence-corrected chi connectivity index (χ4v) is 5.30. The van der Waals surface area contributed by atoms with E-state index >= 15 is 0 Å². The van der Waals surface area contributed by atoms with Crippen LogP contribution in [0.1, 0.15) is 15.4 Å². The molecule has 0 unspecified atom stereocenters. The van der Waals surface area contributed by atoms with Crippen molar-refractivity contribution in [3.05, 3.63) is 70.3 Å². The summed E-state index contributed by atoms with van der Waals surface area (Å²) in [7, 11) is 1.65. The minimum Gasteiger partial charge on any atom is -0.497 e. The number of anilines is 1. The molecule has 6 nitrogen and oxygen atoms in total. The second-order valence-corrected chi connectivity index (χ2v) is 9.20. The van der Waals surface area contributed by atoms with E-state index < -0.39 is 0 Å². The van der Waals surface area contributed by atoms with Gasteiger partial charge in [0.2, 0.25) is 0 Å². The van der Waals surface area contributed by atoms with Gasteiger partial charge >= 0.3 is 0 Å². The van der Waals surface area contributed by atoms with E-state index in [1.54, 1.807) is 7.11 Å². The second kappa shape index (κ2) is 8.48. The molecule has 3 heterocycles. The highest BCUT2D eigenvalue weighted by Gasteiger charge is 2.26. The molecule has 4 aromatic rings. The molecule has 0 atom stereocenters. The van der Waals surface area contributed by atoms with Gasteiger partial charge in [-0.1, -0.05) is 29.0 Å². The molecule has 2 aromatic heterocycles. The summed E-state index contributed by atoms with van der Waals surface area (Å²) in [6, 6.07) is 15.7. The number of ether oxygens (including phenoxy) is 1. The Morgan fingerprint density at radius 1 is 1.09 bits per heavy atom. The van der Waals surface area contributed by atoms with Crippen LogP contribution in [0.5, 0.6) is 5.75 Å². The van der Waals surface area contributed by atoms with Crippen LogP contribution in [0.25, 0.3) is 16.2 Å². The SMILES string of the molecule is COc1ccc(-c2cn3c(C)c(C(=O)N4CCN(c5cccc(Cl)c5)CC4)sc3n2)cc1. The largest absolute Gasteiger partial charge is 0.497 e. The molecule has 1 aliphatic rings. The Bertz CT molecular complexity index is 1270. The molecule has 0 radical (unpaired) electrons. The summed E-state index contributed by atoms with van der Waals surface area (Å²) >= 11 is 7.58. The monoisotopic (exact) mass is 466 g/mol. The molecule has 2 aromatic carbocycles. The van der Waals surface area contributed by atoms with Gasteiger partial charge in [0, 0.05) is 54.3 Å². The summed E-state index contributed by atoms with van der Waals surface area (Å²) in [6.07, 6.45) is 2.00. The fraction of sp³-hybridized carbons (Fsp3) is 0.250. The molecule has 32 heavy (non-hydrogen) atoms. The lowest BCUT2D eigenvalue weighted by molar-refractivity contribution is 0.0750. The Kier molecular flexibility index (Phi) is 5.53. The number of aromatic nitrogens is 2. The maximum absolute atomic E-state index is 13.3. The predicted molar refractivity (Wildman–Crippen MR) is 129 cm³/mol. The fourth-order valence-electron chi connectivity index (χ4n) is 4.03. The second-order valence-electron chi connectivity index (χ2n) is 7.78. The van der Waals surface area contributed by atoms with Crippen LogP contribution in [0.4, 0.5) is 5.69 Å².